The maximum absolute atomic E-state index is 12.1. The van der Waals surface area contributed by atoms with Gasteiger partial charge >= 0.3 is 0 Å². The van der Waals surface area contributed by atoms with Crippen molar-refractivity contribution in [3.05, 3.63) is 28.2 Å². The first-order chi connectivity index (χ1) is 8.01. The molecule has 1 amide bonds. The molecule has 1 aliphatic heterocycles. The van der Waals surface area contributed by atoms with E-state index >= 15 is 0 Å². The Morgan fingerprint density at radius 3 is 2.94 bits per heavy atom. The lowest BCUT2D eigenvalue weighted by atomic mass is 10.0. The van der Waals surface area contributed by atoms with Crippen molar-refractivity contribution < 1.29 is 9.53 Å². The average Bonchev–Trinajstić information content (AvgIpc) is 2.72. The van der Waals surface area contributed by atoms with Gasteiger partial charge in [-0.3, -0.25) is 4.79 Å². The molecule has 1 aliphatic rings. The maximum atomic E-state index is 12.1. The summed E-state index contributed by atoms with van der Waals surface area (Å²) in [5, 5.41) is 2.92. The number of carbonyl (C=O) groups excluding carboxylic acids is 1. The zero-order valence-corrected chi connectivity index (χ0v) is 11.6. The number of amides is 1. The third kappa shape index (κ3) is 2.69. The van der Waals surface area contributed by atoms with Gasteiger partial charge in [0, 0.05) is 11.1 Å². The Morgan fingerprint density at radius 2 is 2.29 bits per heavy atom. The molecule has 1 saturated heterocycles. The minimum atomic E-state index is -0.677. The van der Waals surface area contributed by atoms with Crippen LogP contribution >= 0.6 is 15.9 Å². The van der Waals surface area contributed by atoms with E-state index in [4.69, 9.17) is 4.74 Å². The SMILES string of the molecule is Cc1ccc(Br)c(NC(=O)C2(C)CCCO2)c1. The monoisotopic (exact) mass is 297 g/mol. The number of ether oxygens (including phenoxy) is 1. The molecule has 4 heteroatoms. The highest BCUT2D eigenvalue weighted by atomic mass is 79.9. The van der Waals surface area contributed by atoms with Crippen LogP contribution in [0.15, 0.2) is 22.7 Å². The first-order valence-electron chi connectivity index (χ1n) is 5.73. The smallest absolute Gasteiger partial charge is 0.256 e. The quantitative estimate of drug-likeness (QED) is 0.910. The van der Waals surface area contributed by atoms with Gasteiger partial charge in [-0.2, -0.15) is 0 Å². The van der Waals surface area contributed by atoms with E-state index in [2.05, 4.69) is 21.2 Å². The zero-order chi connectivity index (χ0) is 12.5. The number of anilines is 1. The molecule has 1 unspecified atom stereocenters. The molecular formula is C13H16BrNO2. The molecule has 1 atom stereocenters. The van der Waals surface area contributed by atoms with Gasteiger partial charge in [-0.05, 0) is 60.3 Å². The molecule has 0 saturated carbocycles. The van der Waals surface area contributed by atoms with Crippen molar-refractivity contribution in [1.82, 2.24) is 0 Å². The number of aryl methyl sites for hydroxylation is 1. The minimum Gasteiger partial charge on any atom is -0.365 e. The van der Waals surface area contributed by atoms with Gasteiger partial charge in [-0.1, -0.05) is 6.07 Å². The van der Waals surface area contributed by atoms with Crippen molar-refractivity contribution in [1.29, 1.82) is 0 Å². The topological polar surface area (TPSA) is 38.3 Å². The highest BCUT2D eigenvalue weighted by Gasteiger charge is 2.37. The van der Waals surface area contributed by atoms with Crippen LogP contribution in [0.5, 0.6) is 0 Å². The van der Waals surface area contributed by atoms with Crippen LogP contribution in [0.3, 0.4) is 0 Å². The van der Waals surface area contributed by atoms with Gasteiger partial charge in [0.05, 0.1) is 5.69 Å². The first-order valence-corrected chi connectivity index (χ1v) is 6.52. The first kappa shape index (κ1) is 12.6. The van der Waals surface area contributed by atoms with Crippen LogP contribution in [0.4, 0.5) is 5.69 Å². The van der Waals surface area contributed by atoms with E-state index in [1.165, 1.54) is 0 Å². The summed E-state index contributed by atoms with van der Waals surface area (Å²) in [6, 6.07) is 5.87. The number of hydrogen-bond acceptors (Lipinski definition) is 2. The Balaban J connectivity index is 2.15. The van der Waals surface area contributed by atoms with E-state index in [9.17, 15) is 4.79 Å². The fourth-order valence-electron chi connectivity index (χ4n) is 1.95. The molecule has 0 bridgehead atoms. The van der Waals surface area contributed by atoms with E-state index < -0.39 is 5.60 Å². The summed E-state index contributed by atoms with van der Waals surface area (Å²) in [4.78, 5) is 12.1. The number of benzene rings is 1. The van der Waals surface area contributed by atoms with Crippen LogP contribution in [-0.4, -0.2) is 18.1 Å². The van der Waals surface area contributed by atoms with Gasteiger partial charge in [0.15, 0.2) is 0 Å². The largest absolute Gasteiger partial charge is 0.365 e. The Labute approximate surface area is 110 Å². The van der Waals surface area contributed by atoms with Gasteiger partial charge in [-0.15, -0.1) is 0 Å². The van der Waals surface area contributed by atoms with Gasteiger partial charge < -0.3 is 10.1 Å². The van der Waals surface area contributed by atoms with E-state index in [1.54, 1.807) is 0 Å². The van der Waals surface area contributed by atoms with Crippen molar-refractivity contribution in [2.24, 2.45) is 0 Å². The Hall–Kier alpha value is -0.870. The molecule has 1 aromatic carbocycles. The Kier molecular flexibility index (Phi) is 3.54. The summed E-state index contributed by atoms with van der Waals surface area (Å²) in [6.07, 6.45) is 1.72. The second-order valence-corrected chi connectivity index (χ2v) is 5.47. The second-order valence-electron chi connectivity index (χ2n) is 4.62. The summed E-state index contributed by atoms with van der Waals surface area (Å²) in [5.41, 5.74) is 1.23. The molecular weight excluding hydrogens is 282 g/mol. The zero-order valence-electron chi connectivity index (χ0n) is 10.0. The van der Waals surface area contributed by atoms with E-state index in [0.29, 0.717) is 6.61 Å². The summed E-state index contributed by atoms with van der Waals surface area (Å²) in [7, 11) is 0. The predicted molar refractivity (Wildman–Crippen MR) is 71.1 cm³/mol. The Morgan fingerprint density at radius 1 is 1.53 bits per heavy atom. The average molecular weight is 298 g/mol. The standard InChI is InChI=1S/C13H16BrNO2/c1-9-4-5-10(14)11(8-9)15-12(16)13(2)6-3-7-17-13/h4-5,8H,3,6-7H2,1-2H3,(H,15,16). The molecule has 1 aromatic rings. The number of nitrogens with one attached hydrogen (secondary N) is 1. The van der Waals surface area contributed by atoms with Crippen molar-refractivity contribution in [2.45, 2.75) is 32.3 Å². The van der Waals surface area contributed by atoms with Crippen LogP contribution in [0.25, 0.3) is 0 Å². The van der Waals surface area contributed by atoms with Crippen LogP contribution < -0.4 is 5.32 Å². The summed E-state index contributed by atoms with van der Waals surface area (Å²) < 4.78 is 6.40. The predicted octanol–water partition coefficient (Wildman–Crippen LogP) is 3.27. The van der Waals surface area contributed by atoms with Crippen LogP contribution in [0.1, 0.15) is 25.3 Å². The molecule has 1 fully saturated rings. The molecule has 2 rings (SSSR count). The third-order valence-corrected chi connectivity index (χ3v) is 3.76. The number of rotatable bonds is 2. The molecule has 0 aliphatic carbocycles. The van der Waals surface area contributed by atoms with Crippen molar-refractivity contribution >= 4 is 27.5 Å². The Bertz CT molecular complexity index is 439. The molecule has 0 aromatic heterocycles. The lowest BCUT2D eigenvalue weighted by molar-refractivity contribution is -0.133. The van der Waals surface area contributed by atoms with Crippen LogP contribution in [0.2, 0.25) is 0 Å². The van der Waals surface area contributed by atoms with E-state index in [-0.39, 0.29) is 5.91 Å². The van der Waals surface area contributed by atoms with Crippen molar-refractivity contribution in [2.75, 3.05) is 11.9 Å². The van der Waals surface area contributed by atoms with E-state index in [0.717, 1.165) is 28.6 Å². The molecule has 17 heavy (non-hydrogen) atoms. The molecule has 1 N–H and O–H groups in total. The van der Waals surface area contributed by atoms with Gasteiger partial charge in [0.25, 0.3) is 5.91 Å². The summed E-state index contributed by atoms with van der Waals surface area (Å²) >= 11 is 3.43. The van der Waals surface area contributed by atoms with Crippen molar-refractivity contribution in [3.8, 4) is 0 Å². The van der Waals surface area contributed by atoms with E-state index in [1.807, 2.05) is 32.0 Å². The van der Waals surface area contributed by atoms with Gasteiger partial charge in [-0.25, -0.2) is 0 Å². The van der Waals surface area contributed by atoms with Crippen LogP contribution in [-0.2, 0) is 9.53 Å². The highest BCUT2D eigenvalue weighted by Crippen LogP contribution is 2.29. The maximum Gasteiger partial charge on any atom is 0.256 e. The lowest BCUT2D eigenvalue weighted by Crippen LogP contribution is -2.39. The second kappa shape index (κ2) is 4.78. The molecule has 1 heterocycles. The fourth-order valence-corrected chi connectivity index (χ4v) is 2.29. The minimum absolute atomic E-state index is 0.0682. The molecule has 0 radical (unpaired) electrons. The summed E-state index contributed by atoms with van der Waals surface area (Å²) in [6.45, 7) is 4.51. The normalized spacial score (nSPS) is 23.7. The number of halogens is 1. The molecule has 3 nitrogen and oxygen atoms in total. The number of hydrogen-bond donors (Lipinski definition) is 1. The number of carbonyl (C=O) groups is 1. The summed E-state index contributed by atoms with van der Waals surface area (Å²) in [5.74, 6) is -0.0682. The molecule has 0 spiro atoms. The highest BCUT2D eigenvalue weighted by molar-refractivity contribution is 9.10. The van der Waals surface area contributed by atoms with Gasteiger partial charge in [0.2, 0.25) is 0 Å². The van der Waals surface area contributed by atoms with Crippen LogP contribution in [0, 0.1) is 6.92 Å². The fraction of sp³-hybridized carbons (Fsp3) is 0.462. The lowest BCUT2D eigenvalue weighted by Gasteiger charge is -2.22. The van der Waals surface area contributed by atoms with Crippen molar-refractivity contribution in [3.63, 3.8) is 0 Å². The third-order valence-electron chi connectivity index (χ3n) is 3.07. The molecule has 92 valence electrons. The van der Waals surface area contributed by atoms with Gasteiger partial charge in [0.1, 0.15) is 5.60 Å².